The molecule has 0 aliphatic carbocycles. The average molecular weight is 237 g/mol. The first-order valence-electron chi connectivity index (χ1n) is 5.03. The van der Waals surface area contributed by atoms with E-state index in [4.69, 9.17) is 5.11 Å². The van der Waals surface area contributed by atoms with Crippen LogP contribution in [-0.2, 0) is 4.79 Å². The summed E-state index contributed by atoms with van der Waals surface area (Å²) in [5.41, 5.74) is 1.56. The Balaban J connectivity index is 2.59. The molecule has 0 saturated carbocycles. The maximum Gasteiger partial charge on any atom is 0.323 e. The molecule has 0 fully saturated rings. The number of urea groups is 1. The smallest absolute Gasteiger partial charge is 0.323 e. The molecule has 6 heteroatoms. The number of carboxylic acids is 1. The van der Waals surface area contributed by atoms with E-state index in [1.54, 1.807) is 12.1 Å². The second-order valence-corrected chi connectivity index (χ2v) is 3.65. The van der Waals surface area contributed by atoms with E-state index in [0.29, 0.717) is 5.69 Å². The first kappa shape index (κ1) is 12.8. The first-order chi connectivity index (χ1) is 7.99. The number of rotatable bonds is 4. The zero-order chi connectivity index (χ0) is 12.8. The predicted octanol–water partition coefficient (Wildman–Crippen LogP) is 0.959. The molecule has 6 nitrogen and oxygen atoms in total. The van der Waals surface area contributed by atoms with Gasteiger partial charge in [0, 0.05) is 25.5 Å². The summed E-state index contributed by atoms with van der Waals surface area (Å²) < 4.78 is 0. The lowest BCUT2D eigenvalue weighted by Gasteiger charge is -2.14. The van der Waals surface area contributed by atoms with Crippen molar-refractivity contribution in [2.24, 2.45) is 0 Å². The molecule has 1 aromatic rings. The Morgan fingerprint density at radius 2 is 2.06 bits per heavy atom. The van der Waals surface area contributed by atoms with Crippen LogP contribution in [0.15, 0.2) is 24.3 Å². The molecule has 0 saturated heterocycles. The maximum absolute atomic E-state index is 11.3. The Morgan fingerprint density at radius 3 is 2.65 bits per heavy atom. The summed E-state index contributed by atoms with van der Waals surface area (Å²) in [4.78, 5) is 23.5. The molecule has 3 N–H and O–H groups in total. The molecule has 2 amide bonds. The van der Waals surface area contributed by atoms with E-state index in [9.17, 15) is 9.59 Å². The average Bonchev–Trinajstić information content (AvgIpc) is 2.26. The number of nitrogens with zero attached hydrogens (tertiary/aromatic N) is 1. The van der Waals surface area contributed by atoms with Gasteiger partial charge in [0.1, 0.15) is 6.54 Å². The monoisotopic (exact) mass is 237 g/mol. The molecule has 0 bridgehead atoms. The number of anilines is 2. The normalized spacial score (nSPS) is 9.53. The van der Waals surface area contributed by atoms with Gasteiger partial charge in [-0.1, -0.05) is 6.07 Å². The van der Waals surface area contributed by atoms with Gasteiger partial charge in [0.25, 0.3) is 0 Å². The number of amides is 2. The lowest BCUT2D eigenvalue weighted by atomic mass is 10.2. The lowest BCUT2D eigenvalue weighted by Crippen LogP contribution is -2.33. The lowest BCUT2D eigenvalue weighted by molar-refractivity contribution is -0.135. The molecule has 0 spiro atoms. The molecule has 0 heterocycles. The Morgan fingerprint density at radius 1 is 1.35 bits per heavy atom. The van der Waals surface area contributed by atoms with Crippen molar-refractivity contribution in [1.29, 1.82) is 0 Å². The van der Waals surface area contributed by atoms with Crippen LogP contribution in [0.1, 0.15) is 0 Å². The first-order valence-corrected chi connectivity index (χ1v) is 5.03. The fourth-order valence-corrected chi connectivity index (χ4v) is 1.19. The Labute approximate surface area is 99.2 Å². The zero-order valence-corrected chi connectivity index (χ0v) is 9.73. The van der Waals surface area contributed by atoms with Crippen LogP contribution in [0.4, 0.5) is 16.2 Å². The van der Waals surface area contributed by atoms with E-state index in [2.05, 4.69) is 10.6 Å². The molecule has 1 aromatic carbocycles. The van der Waals surface area contributed by atoms with Gasteiger partial charge in [-0.05, 0) is 18.2 Å². The van der Waals surface area contributed by atoms with E-state index in [1.165, 1.54) is 0 Å². The Bertz CT molecular complexity index is 418. The number of aliphatic carboxylic acids is 1. The molecule has 1 rings (SSSR count). The molecular weight excluding hydrogens is 222 g/mol. The molecule has 0 unspecified atom stereocenters. The van der Waals surface area contributed by atoms with Crippen LogP contribution in [-0.4, -0.2) is 37.7 Å². The highest BCUT2D eigenvalue weighted by molar-refractivity contribution is 5.91. The highest BCUT2D eigenvalue weighted by Gasteiger charge is 2.04. The van der Waals surface area contributed by atoms with Crippen LogP contribution < -0.4 is 15.5 Å². The minimum atomic E-state index is -1.08. The number of carbonyl (C=O) groups is 2. The molecule has 0 atom stereocenters. The van der Waals surface area contributed by atoms with Gasteiger partial charge < -0.3 is 20.6 Å². The van der Waals surface area contributed by atoms with E-state index in [0.717, 1.165) is 5.69 Å². The summed E-state index contributed by atoms with van der Waals surface area (Å²) in [7, 11) is 3.78. The predicted molar refractivity (Wildman–Crippen MR) is 65.4 cm³/mol. The van der Waals surface area contributed by atoms with Crippen molar-refractivity contribution in [2.45, 2.75) is 0 Å². The number of hydrogen-bond acceptors (Lipinski definition) is 3. The van der Waals surface area contributed by atoms with Crippen molar-refractivity contribution in [3.05, 3.63) is 24.3 Å². The van der Waals surface area contributed by atoms with Crippen LogP contribution >= 0.6 is 0 Å². The number of nitrogens with one attached hydrogen (secondary N) is 2. The second kappa shape index (κ2) is 5.74. The third-order valence-corrected chi connectivity index (χ3v) is 2.02. The van der Waals surface area contributed by atoms with Crippen LogP contribution in [0.5, 0.6) is 0 Å². The highest BCUT2D eigenvalue weighted by atomic mass is 16.4. The van der Waals surface area contributed by atoms with Gasteiger partial charge >= 0.3 is 12.0 Å². The number of carbonyl (C=O) groups excluding carboxylic acids is 1. The second-order valence-electron chi connectivity index (χ2n) is 3.65. The summed E-state index contributed by atoms with van der Waals surface area (Å²) in [5, 5.41) is 13.2. The van der Waals surface area contributed by atoms with Crippen molar-refractivity contribution in [1.82, 2.24) is 5.32 Å². The van der Waals surface area contributed by atoms with E-state index in [-0.39, 0.29) is 0 Å². The number of benzene rings is 1. The molecule has 0 aliphatic rings. The van der Waals surface area contributed by atoms with Gasteiger partial charge in [-0.25, -0.2) is 4.79 Å². The zero-order valence-electron chi connectivity index (χ0n) is 9.73. The molecule has 17 heavy (non-hydrogen) atoms. The van der Waals surface area contributed by atoms with Gasteiger partial charge in [-0.3, -0.25) is 4.79 Å². The van der Waals surface area contributed by atoms with Gasteiger partial charge in [-0.2, -0.15) is 0 Å². The molecule has 92 valence electrons. The van der Waals surface area contributed by atoms with Crippen molar-refractivity contribution >= 4 is 23.4 Å². The minimum absolute atomic E-state index is 0.404. The highest BCUT2D eigenvalue weighted by Crippen LogP contribution is 2.16. The third-order valence-electron chi connectivity index (χ3n) is 2.02. The van der Waals surface area contributed by atoms with Crippen molar-refractivity contribution in [3.63, 3.8) is 0 Å². The fraction of sp³-hybridized carbons (Fsp3) is 0.273. The van der Waals surface area contributed by atoms with Crippen molar-refractivity contribution in [2.75, 3.05) is 30.9 Å². The van der Waals surface area contributed by atoms with Crippen LogP contribution in [0.2, 0.25) is 0 Å². The number of hydrogen-bond donors (Lipinski definition) is 3. The summed E-state index contributed by atoms with van der Waals surface area (Å²) in [6.45, 7) is -0.404. The van der Waals surface area contributed by atoms with E-state index >= 15 is 0 Å². The van der Waals surface area contributed by atoms with E-state index < -0.39 is 18.5 Å². The Hall–Kier alpha value is -2.24. The van der Waals surface area contributed by atoms with Crippen LogP contribution in [0, 0.1) is 0 Å². The summed E-state index contributed by atoms with van der Waals surface area (Å²) in [6.07, 6.45) is 0. The minimum Gasteiger partial charge on any atom is -0.480 e. The van der Waals surface area contributed by atoms with Gasteiger partial charge in [-0.15, -0.1) is 0 Å². The van der Waals surface area contributed by atoms with Gasteiger partial charge in [0.2, 0.25) is 0 Å². The van der Waals surface area contributed by atoms with E-state index in [1.807, 2.05) is 31.1 Å². The largest absolute Gasteiger partial charge is 0.480 e. The molecule has 0 radical (unpaired) electrons. The maximum atomic E-state index is 11.3. The molecular formula is C11H15N3O3. The van der Waals surface area contributed by atoms with Crippen molar-refractivity contribution in [3.8, 4) is 0 Å². The van der Waals surface area contributed by atoms with Gasteiger partial charge in [0.05, 0.1) is 0 Å². The SMILES string of the molecule is CN(C)c1cccc(NC(=O)NCC(=O)O)c1. The summed E-state index contributed by atoms with van der Waals surface area (Å²) in [5.74, 6) is -1.08. The summed E-state index contributed by atoms with van der Waals surface area (Å²) in [6, 6.07) is 6.69. The van der Waals surface area contributed by atoms with Crippen LogP contribution in [0.25, 0.3) is 0 Å². The quantitative estimate of drug-likeness (QED) is 0.728. The number of carboxylic acid groups (broad SMARTS) is 1. The Kier molecular flexibility index (Phi) is 4.33. The van der Waals surface area contributed by atoms with Gasteiger partial charge in [0.15, 0.2) is 0 Å². The third kappa shape index (κ3) is 4.42. The standard InChI is InChI=1S/C11H15N3O3/c1-14(2)9-5-3-4-8(6-9)13-11(17)12-7-10(15)16/h3-6H,7H2,1-2H3,(H,15,16)(H2,12,13,17). The van der Waals surface area contributed by atoms with Crippen molar-refractivity contribution < 1.29 is 14.7 Å². The van der Waals surface area contributed by atoms with Crippen LogP contribution in [0.3, 0.4) is 0 Å². The molecule has 0 aliphatic heterocycles. The topological polar surface area (TPSA) is 81.7 Å². The summed E-state index contributed by atoms with van der Waals surface area (Å²) >= 11 is 0. The fourth-order valence-electron chi connectivity index (χ4n) is 1.19. The molecule has 0 aromatic heterocycles.